The largest absolute Gasteiger partial charge is 0.364 e. The summed E-state index contributed by atoms with van der Waals surface area (Å²) in [7, 11) is 0. The van der Waals surface area contributed by atoms with Crippen LogP contribution in [0, 0.1) is 6.92 Å². The van der Waals surface area contributed by atoms with E-state index in [-0.39, 0.29) is 5.97 Å². The van der Waals surface area contributed by atoms with Crippen molar-refractivity contribution in [2.75, 3.05) is 26.2 Å². The van der Waals surface area contributed by atoms with Gasteiger partial charge in [0.25, 0.3) is 0 Å². The topological polar surface area (TPSA) is 41.6 Å². The van der Waals surface area contributed by atoms with Crippen LogP contribution < -0.4 is 5.32 Å². The third kappa shape index (κ3) is 2.81. The summed E-state index contributed by atoms with van der Waals surface area (Å²) in [6, 6.07) is 7.44. The number of rotatable bonds is 2. The Kier molecular flexibility index (Phi) is 3.54. The number of hydrogen-bond acceptors (Lipinski definition) is 4. The van der Waals surface area contributed by atoms with Gasteiger partial charge in [0.2, 0.25) is 0 Å². The van der Waals surface area contributed by atoms with Crippen LogP contribution in [0.2, 0.25) is 0 Å². The molecule has 86 valence electrons. The van der Waals surface area contributed by atoms with E-state index in [9.17, 15) is 4.79 Å². The molecule has 0 aliphatic carbocycles. The molecule has 1 saturated heterocycles. The lowest BCUT2D eigenvalue weighted by Gasteiger charge is -2.25. The fourth-order valence-electron chi connectivity index (χ4n) is 1.68. The minimum absolute atomic E-state index is 0.273. The van der Waals surface area contributed by atoms with Crippen molar-refractivity contribution >= 4 is 5.97 Å². The maximum absolute atomic E-state index is 11.8. The number of hydrogen-bond donors (Lipinski definition) is 1. The van der Waals surface area contributed by atoms with Crippen LogP contribution in [-0.2, 0) is 4.84 Å². The van der Waals surface area contributed by atoms with Crippen molar-refractivity contribution in [3.05, 3.63) is 35.4 Å². The summed E-state index contributed by atoms with van der Waals surface area (Å²) >= 11 is 0. The average molecular weight is 220 g/mol. The molecule has 0 radical (unpaired) electrons. The highest BCUT2D eigenvalue weighted by atomic mass is 16.7. The Hall–Kier alpha value is -1.39. The molecule has 0 atom stereocenters. The molecule has 0 unspecified atom stereocenters. The molecule has 1 aromatic carbocycles. The van der Waals surface area contributed by atoms with E-state index in [1.807, 2.05) is 25.1 Å². The van der Waals surface area contributed by atoms with Gasteiger partial charge < -0.3 is 10.2 Å². The zero-order valence-corrected chi connectivity index (χ0v) is 9.40. The van der Waals surface area contributed by atoms with Crippen molar-refractivity contribution in [1.29, 1.82) is 0 Å². The second-order valence-corrected chi connectivity index (χ2v) is 3.93. The van der Waals surface area contributed by atoms with Crippen molar-refractivity contribution in [2.24, 2.45) is 0 Å². The number of benzene rings is 1. The highest BCUT2D eigenvalue weighted by Gasteiger charge is 2.15. The maximum atomic E-state index is 11.8. The van der Waals surface area contributed by atoms with E-state index in [0.717, 1.165) is 31.7 Å². The van der Waals surface area contributed by atoms with Crippen molar-refractivity contribution in [3.63, 3.8) is 0 Å². The first-order chi connectivity index (χ1) is 7.75. The lowest BCUT2D eigenvalue weighted by atomic mass is 10.1. The van der Waals surface area contributed by atoms with Gasteiger partial charge in [-0.15, -0.1) is 5.06 Å². The Balaban J connectivity index is 1.97. The highest BCUT2D eigenvalue weighted by molar-refractivity contribution is 5.89. The highest BCUT2D eigenvalue weighted by Crippen LogP contribution is 2.07. The van der Waals surface area contributed by atoms with Crippen LogP contribution in [0.4, 0.5) is 0 Å². The molecule has 0 amide bonds. The summed E-state index contributed by atoms with van der Waals surface area (Å²) < 4.78 is 0. The van der Waals surface area contributed by atoms with Crippen molar-refractivity contribution < 1.29 is 9.63 Å². The van der Waals surface area contributed by atoms with Crippen molar-refractivity contribution in [2.45, 2.75) is 6.92 Å². The summed E-state index contributed by atoms with van der Waals surface area (Å²) in [6.45, 7) is 5.18. The fourth-order valence-corrected chi connectivity index (χ4v) is 1.68. The zero-order chi connectivity index (χ0) is 11.4. The predicted molar refractivity (Wildman–Crippen MR) is 61.0 cm³/mol. The van der Waals surface area contributed by atoms with Gasteiger partial charge in [0.15, 0.2) is 0 Å². The first-order valence-corrected chi connectivity index (χ1v) is 5.50. The third-order valence-electron chi connectivity index (χ3n) is 2.54. The van der Waals surface area contributed by atoms with E-state index >= 15 is 0 Å². The van der Waals surface area contributed by atoms with Crippen LogP contribution in [0.5, 0.6) is 0 Å². The molecule has 2 rings (SSSR count). The summed E-state index contributed by atoms with van der Waals surface area (Å²) in [6.07, 6.45) is 0. The molecular weight excluding hydrogens is 204 g/mol. The Morgan fingerprint density at radius 2 is 2.12 bits per heavy atom. The molecule has 0 spiro atoms. The summed E-state index contributed by atoms with van der Waals surface area (Å²) in [4.78, 5) is 17.1. The maximum Gasteiger partial charge on any atom is 0.357 e. The van der Waals surface area contributed by atoms with Gasteiger partial charge in [0.1, 0.15) is 0 Å². The number of nitrogens with one attached hydrogen (secondary N) is 1. The Labute approximate surface area is 95.2 Å². The smallest absolute Gasteiger partial charge is 0.357 e. The summed E-state index contributed by atoms with van der Waals surface area (Å²) in [5.74, 6) is -0.273. The first-order valence-electron chi connectivity index (χ1n) is 5.50. The summed E-state index contributed by atoms with van der Waals surface area (Å²) in [5.41, 5.74) is 1.67. The van der Waals surface area contributed by atoms with Crippen molar-refractivity contribution in [1.82, 2.24) is 10.4 Å². The van der Waals surface area contributed by atoms with E-state index < -0.39 is 0 Å². The Bertz CT molecular complexity index is 373. The van der Waals surface area contributed by atoms with E-state index in [1.165, 1.54) is 0 Å². The van der Waals surface area contributed by atoms with Gasteiger partial charge in [-0.05, 0) is 19.1 Å². The SMILES string of the molecule is Cc1cccc(C(=O)ON2CCNCC2)c1. The molecule has 0 bridgehead atoms. The second-order valence-electron chi connectivity index (χ2n) is 3.93. The fraction of sp³-hybridized carbons (Fsp3) is 0.417. The molecule has 4 heteroatoms. The van der Waals surface area contributed by atoms with E-state index in [4.69, 9.17) is 4.84 Å². The lowest BCUT2D eigenvalue weighted by Crippen LogP contribution is -2.44. The second kappa shape index (κ2) is 5.09. The summed E-state index contributed by atoms with van der Waals surface area (Å²) in [5, 5.41) is 4.91. The zero-order valence-electron chi connectivity index (χ0n) is 9.40. The quantitative estimate of drug-likeness (QED) is 0.806. The van der Waals surface area contributed by atoms with Crippen molar-refractivity contribution in [3.8, 4) is 0 Å². The molecule has 16 heavy (non-hydrogen) atoms. The van der Waals surface area contributed by atoms with Gasteiger partial charge in [-0.25, -0.2) is 4.79 Å². The minimum atomic E-state index is -0.273. The van der Waals surface area contributed by atoms with Gasteiger partial charge in [-0.3, -0.25) is 0 Å². The van der Waals surface area contributed by atoms with Gasteiger partial charge in [-0.2, -0.15) is 0 Å². The van der Waals surface area contributed by atoms with E-state index in [2.05, 4.69) is 5.32 Å². The molecule has 1 N–H and O–H groups in total. The molecule has 4 nitrogen and oxygen atoms in total. The van der Waals surface area contributed by atoms with E-state index in [1.54, 1.807) is 11.1 Å². The van der Waals surface area contributed by atoms with Gasteiger partial charge in [0.05, 0.1) is 5.56 Å². The number of piperazine rings is 1. The normalized spacial score (nSPS) is 17.1. The molecule has 1 heterocycles. The third-order valence-corrected chi connectivity index (χ3v) is 2.54. The number of aryl methyl sites for hydroxylation is 1. The standard InChI is InChI=1S/C12H16N2O2/c1-10-3-2-4-11(9-10)12(15)16-14-7-5-13-6-8-14/h2-4,9,13H,5-8H2,1H3. The molecule has 1 aliphatic heterocycles. The van der Waals surface area contributed by atoms with Crippen LogP contribution in [0.25, 0.3) is 0 Å². The number of hydroxylamine groups is 2. The van der Waals surface area contributed by atoms with Crippen LogP contribution in [-0.4, -0.2) is 37.2 Å². The number of carbonyl (C=O) groups excluding carboxylic acids is 1. The Morgan fingerprint density at radius 3 is 2.81 bits per heavy atom. The van der Waals surface area contributed by atoms with Gasteiger partial charge >= 0.3 is 5.97 Å². The first kappa shape index (κ1) is 11.1. The number of carbonyl (C=O) groups is 1. The van der Waals surface area contributed by atoms with E-state index in [0.29, 0.717) is 5.56 Å². The number of nitrogens with zero attached hydrogens (tertiary/aromatic N) is 1. The van der Waals surface area contributed by atoms with Crippen LogP contribution in [0.15, 0.2) is 24.3 Å². The molecular formula is C12H16N2O2. The minimum Gasteiger partial charge on any atom is -0.364 e. The Morgan fingerprint density at radius 1 is 1.38 bits per heavy atom. The van der Waals surface area contributed by atoms with Gasteiger partial charge in [-0.1, -0.05) is 17.7 Å². The average Bonchev–Trinajstić information content (AvgIpc) is 2.30. The monoisotopic (exact) mass is 220 g/mol. The molecule has 0 saturated carbocycles. The molecule has 0 aromatic heterocycles. The molecule has 1 aromatic rings. The molecule has 1 fully saturated rings. The van der Waals surface area contributed by atoms with Crippen LogP contribution >= 0.6 is 0 Å². The van der Waals surface area contributed by atoms with Crippen LogP contribution in [0.1, 0.15) is 15.9 Å². The lowest BCUT2D eigenvalue weighted by molar-refractivity contribution is -0.115. The van der Waals surface area contributed by atoms with Gasteiger partial charge in [0, 0.05) is 26.2 Å². The van der Waals surface area contributed by atoms with Crippen LogP contribution in [0.3, 0.4) is 0 Å². The molecule has 1 aliphatic rings. The predicted octanol–water partition coefficient (Wildman–Crippen LogP) is 0.972.